The van der Waals surface area contributed by atoms with Crippen LogP contribution in [-0.2, 0) is 10.2 Å². The van der Waals surface area contributed by atoms with E-state index in [1.165, 1.54) is 0 Å². The number of rotatable bonds is 1. The van der Waals surface area contributed by atoms with Crippen molar-refractivity contribution in [3.05, 3.63) is 18.0 Å². The van der Waals surface area contributed by atoms with Gasteiger partial charge in [-0.3, -0.25) is 9.89 Å². The summed E-state index contributed by atoms with van der Waals surface area (Å²) in [6.07, 6.45) is 3.95. The van der Waals surface area contributed by atoms with Gasteiger partial charge >= 0.3 is 0 Å². The largest absolute Gasteiger partial charge is 0.342 e. The average molecular weight is 207 g/mol. The molecule has 1 aliphatic rings. The van der Waals surface area contributed by atoms with Gasteiger partial charge in [0.15, 0.2) is 0 Å². The van der Waals surface area contributed by atoms with Crippen LogP contribution < -0.4 is 0 Å². The Morgan fingerprint density at radius 1 is 1.67 bits per heavy atom. The van der Waals surface area contributed by atoms with E-state index in [0.717, 1.165) is 31.6 Å². The minimum Gasteiger partial charge on any atom is -0.342 e. The van der Waals surface area contributed by atoms with Gasteiger partial charge in [-0.15, -0.1) is 0 Å². The standard InChI is InChI=1S/C11H17N3O/c1-9(15)14-7-3-5-11(2,8-14)10-4-6-12-13-10/h4,6H,3,5,7-8H2,1-2H3,(H,12,13)/t11-/m1/s1. The molecular weight excluding hydrogens is 190 g/mol. The molecule has 0 aliphatic carbocycles. The third kappa shape index (κ3) is 1.89. The van der Waals surface area contributed by atoms with E-state index < -0.39 is 0 Å². The van der Waals surface area contributed by atoms with Crippen LogP contribution in [0.2, 0.25) is 0 Å². The van der Waals surface area contributed by atoms with E-state index in [-0.39, 0.29) is 11.3 Å². The quantitative estimate of drug-likeness (QED) is 0.754. The molecule has 0 saturated carbocycles. The van der Waals surface area contributed by atoms with Crippen LogP contribution in [0, 0.1) is 0 Å². The number of hydrogen-bond acceptors (Lipinski definition) is 2. The van der Waals surface area contributed by atoms with Crippen molar-refractivity contribution in [2.45, 2.75) is 32.1 Å². The monoisotopic (exact) mass is 207 g/mol. The number of nitrogens with one attached hydrogen (secondary N) is 1. The van der Waals surface area contributed by atoms with Crippen LogP contribution in [0.25, 0.3) is 0 Å². The van der Waals surface area contributed by atoms with Gasteiger partial charge in [0.1, 0.15) is 0 Å². The minimum absolute atomic E-state index is 0.0421. The lowest BCUT2D eigenvalue weighted by atomic mass is 9.79. The fourth-order valence-electron chi connectivity index (χ4n) is 2.32. The number of hydrogen-bond donors (Lipinski definition) is 1. The number of aromatic amines is 1. The molecule has 0 unspecified atom stereocenters. The summed E-state index contributed by atoms with van der Waals surface area (Å²) in [5.41, 5.74) is 1.17. The molecule has 1 atom stereocenters. The highest BCUT2D eigenvalue weighted by Gasteiger charge is 2.34. The number of aromatic nitrogens is 2. The first kappa shape index (κ1) is 10.2. The van der Waals surface area contributed by atoms with Crippen LogP contribution in [-0.4, -0.2) is 34.1 Å². The normalized spacial score (nSPS) is 26.7. The van der Waals surface area contributed by atoms with Crippen molar-refractivity contribution in [1.29, 1.82) is 0 Å². The van der Waals surface area contributed by atoms with Gasteiger partial charge in [-0.1, -0.05) is 6.92 Å². The SMILES string of the molecule is CC(=O)N1CCC[C@@](C)(c2ccn[nH]2)C1. The molecular formula is C11H17N3O. The number of carbonyl (C=O) groups excluding carboxylic acids is 1. The summed E-state index contributed by atoms with van der Waals surface area (Å²) in [6.45, 7) is 5.51. The van der Waals surface area contributed by atoms with Crippen molar-refractivity contribution in [3.8, 4) is 0 Å². The molecule has 0 aromatic carbocycles. The lowest BCUT2D eigenvalue weighted by Gasteiger charge is -2.39. The Hall–Kier alpha value is -1.32. The van der Waals surface area contributed by atoms with Crippen molar-refractivity contribution < 1.29 is 4.79 Å². The Kier molecular flexibility index (Phi) is 2.50. The number of H-pyrrole nitrogens is 1. The van der Waals surface area contributed by atoms with E-state index in [2.05, 4.69) is 17.1 Å². The van der Waals surface area contributed by atoms with E-state index >= 15 is 0 Å². The third-order valence-electron chi connectivity index (χ3n) is 3.29. The molecule has 82 valence electrons. The first-order chi connectivity index (χ1) is 7.12. The molecule has 0 bridgehead atoms. The first-order valence-corrected chi connectivity index (χ1v) is 5.37. The van der Waals surface area contributed by atoms with Crippen molar-refractivity contribution in [1.82, 2.24) is 15.1 Å². The molecule has 1 fully saturated rings. The Morgan fingerprint density at radius 2 is 2.47 bits per heavy atom. The van der Waals surface area contributed by atoms with Gasteiger partial charge in [0.2, 0.25) is 5.91 Å². The molecule has 1 aliphatic heterocycles. The van der Waals surface area contributed by atoms with Crippen molar-refractivity contribution >= 4 is 5.91 Å². The Bertz CT molecular complexity index is 347. The highest BCUT2D eigenvalue weighted by Crippen LogP contribution is 2.32. The maximum Gasteiger partial charge on any atom is 0.219 e. The van der Waals surface area contributed by atoms with Gasteiger partial charge in [-0.25, -0.2) is 0 Å². The zero-order chi connectivity index (χ0) is 10.9. The second-order valence-electron chi connectivity index (χ2n) is 4.58. The van der Waals surface area contributed by atoms with Gasteiger partial charge in [-0.2, -0.15) is 5.10 Å². The molecule has 2 rings (SSSR count). The summed E-state index contributed by atoms with van der Waals surface area (Å²) in [5.74, 6) is 0.167. The van der Waals surface area contributed by atoms with Crippen molar-refractivity contribution in [2.75, 3.05) is 13.1 Å². The topological polar surface area (TPSA) is 49.0 Å². The lowest BCUT2D eigenvalue weighted by Crippen LogP contribution is -2.46. The number of amides is 1. The van der Waals surface area contributed by atoms with Gasteiger partial charge in [-0.05, 0) is 18.9 Å². The van der Waals surface area contributed by atoms with Gasteiger partial charge < -0.3 is 4.90 Å². The molecule has 2 heterocycles. The zero-order valence-corrected chi connectivity index (χ0v) is 9.29. The minimum atomic E-state index is 0.0421. The van der Waals surface area contributed by atoms with Crippen molar-refractivity contribution in [3.63, 3.8) is 0 Å². The number of likely N-dealkylation sites (tertiary alicyclic amines) is 1. The van der Waals surface area contributed by atoms with Crippen LogP contribution in [0.4, 0.5) is 0 Å². The molecule has 0 radical (unpaired) electrons. The maximum absolute atomic E-state index is 11.4. The predicted molar refractivity (Wildman–Crippen MR) is 57.4 cm³/mol. The number of nitrogens with zero attached hydrogens (tertiary/aromatic N) is 2. The molecule has 15 heavy (non-hydrogen) atoms. The van der Waals surface area contributed by atoms with E-state index in [1.54, 1.807) is 13.1 Å². The highest BCUT2D eigenvalue weighted by molar-refractivity contribution is 5.73. The highest BCUT2D eigenvalue weighted by atomic mass is 16.2. The second-order valence-corrected chi connectivity index (χ2v) is 4.58. The molecule has 0 spiro atoms. The molecule has 1 aromatic rings. The Labute approximate surface area is 89.7 Å². The van der Waals surface area contributed by atoms with Crippen LogP contribution in [0.5, 0.6) is 0 Å². The van der Waals surface area contributed by atoms with Crippen molar-refractivity contribution in [2.24, 2.45) is 0 Å². The molecule has 4 heteroatoms. The summed E-state index contributed by atoms with van der Waals surface area (Å²) in [6, 6.07) is 2.00. The molecule has 4 nitrogen and oxygen atoms in total. The first-order valence-electron chi connectivity index (χ1n) is 5.37. The lowest BCUT2D eigenvalue weighted by molar-refractivity contribution is -0.130. The molecule has 1 aromatic heterocycles. The molecule has 1 amide bonds. The number of piperidine rings is 1. The summed E-state index contributed by atoms with van der Waals surface area (Å²) < 4.78 is 0. The fourth-order valence-corrected chi connectivity index (χ4v) is 2.32. The van der Waals surface area contributed by atoms with Crippen LogP contribution in [0.15, 0.2) is 12.3 Å². The Balaban J connectivity index is 2.18. The summed E-state index contributed by atoms with van der Waals surface area (Å²) in [7, 11) is 0. The Morgan fingerprint density at radius 3 is 3.07 bits per heavy atom. The fraction of sp³-hybridized carbons (Fsp3) is 0.636. The van der Waals surface area contributed by atoms with Crippen LogP contribution >= 0.6 is 0 Å². The van der Waals surface area contributed by atoms with E-state index in [9.17, 15) is 4.79 Å². The maximum atomic E-state index is 11.4. The zero-order valence-electron chi connectivity index (χ0n) is 9.29. The predicted octanol–water partition coefficient (Wildman–Crippen LogP) is 1.31. The second kappa shape index (κ2) is 3.68. The third-order valence-corrected chi connectivity index (χ3v) is 3.29. The molecule has 1 saturated heterocycles. The number of carbonyl (C=O) groups is 1. The van der Waals surface area contributed by atoms with Crippen LogP contribution in [0.1, 0.15) is 32.4 Å². The van der Waals surface area contributed by atoms with Gasteiger partial charge in [0.25, 0.3) is 0 Å². The van der Waals surface area contributed by atoms with E-state index in [4.69, 9.17) is 0 Å². The summed E-state index contributed by atoms with van der Waals surface area (Å²) >= 11 is 0. The van der Waals surface area contributed by atoms with Gasteiger partial charge in [0.05, 0.1) is 0 Å². The average Bonchev–Trinajstić information content (AvgIpc) is 2.71. The van der Waals surface area contributed by atoms with E-state index in [0.29, 0.717) is 0 Å². The van der Waals surface area contributed by atoms with Crippen LogP contribution in [0.3, 0.4) is 0 Å². The van der Waals surface area contributed by atoms with Gasteiger partial charge in [0, 0.05) is 37.3 Å². The summed E-state index contributed by atoms with van der Waals surface area (Å²) in [5, 5.41) is 7.00. The van der Waals surface area contributed by atoms with E-state index in [1.807, 2.05) is 11.0 Å². The molecule has 1 N–H and O–H groups in total. The summed E-state index contributed by atoms with van der Waals surface area (Å²) in [4.78, 5) is 13.3. The smallest absolute Gasteiger partial charge is 0.219 e.